The average Bonchev–Trinajstić information content (AvgIpc) is 2.02. The molecule has 0 heterocycles. The van der Waals surface area contributed by atoms with Crippen molar-refractivity contribution < 1.29 is 4.74 Å². The Bertz CT molecular complexity index is 115. The van der Waals surface area contributed by atoms with Gasteiger partial charge in [0, 0.05) is 19.8 Å². The molecular weight excluding hydrogens is 152 g/mol. The first-order valence-electron chi connectivity index (χ1n) is 4.82. The van der Waals surface area contributed by atoms with Crippen molar-refractivity contribution in [1.82, 2.24) is 5.43 Å². The zero-order valence-electron chi connectivity index (χ0n) is 7.88. The SMILES string of the molecule is COCCC(CC1CCC1)NN. The standard InChI is InChI=1S/C9H20N2O/c1-12-6-5-9(11-10)7-8-3-2-4-8/h8-9,11H,2-7,10H2,1H3. The Hall–Kier alpha value is -0.120. The molecule has 0 amide bonds. The highest BCUT2D eigenvalue weighted by molar-refractivity contribution is 4.75. The summed E-state index contributed by atoms with van der Waals surface area (Å²) in [5.74, 6) is 6.35. The Balaban J connectivity index is 2.06. The number of ether oxygens (including phenoxy) is 1. The van der Waals surface area contributed by atoms with Crippen molar-refractivity contribution in [3.63, 3.8) is 0 Å². The highest BCUT2D eigenvalue weighted by Gasteiger charge is 2.20. The van der Waals surface area contributed by atoms with Gasteiger partial charge in [0.2, 0.25) is 0 Å². The molecule has 3 nitrogen and oxygen atoms in total. The summed E-state index contributed by atoms with van der Waals surface area (Å²) in [5.41, 5.74) is 2.86. The molecule has 1 rings (SSSR count). The van der Waals surface area contributed by atoms with Crippen LogP contribution in [0.4, 0.5) is 0 Å². The van der Waals surface area contributed by atoms with Gasteiger partial charge in [-0.25, -0.2) is 0 Å². The van der Waals surface area contributed by atoms with Gasteiger partial charge in [-0.2, -0.15) is 0 Å². The monoisotopic (exact) mass is 172 g/mol. The number of hydrogen-bond donors (Lipinski definition) is 2. The quantitative estimate of drug-likeness (QED) is 0.465. The summed E-state index contributed by atoms with van der Waals surface area (Å²) in [6.45, 7) is 0.807. The smallest absolute Gasteiger partial charge is 0.0477 e. The van der Waals surface area contributed by atoms with Gasteiger partial charge < -0.3 is 4.74 Å². The van der Waals surface area contributed by atoms with E-state index < -0.39 is 0 Å². The summed E-state index contributed by atoms with van der Waals surface area (Å²) in [6, 6.07) is 0.454. The molecule has 1 aliphatic rings. The lowest BCUT2D eigenvalue weighted by Crippen LogP contribution is -2.38. The summed E-state index contributed by atoms with van der Waals surface area (Å²) >= 11 is 0. The van der Waals surface area contributed by atoms with E-state index in [-0.39, 0.29) is 0 Å². The molecule has 0 saturated heterocycles. The highest BCUT2D eigenvalue weighted by atomic mass is 16.5. The Kier molecular flexibility index (Phi) is 4.58. The van der Waals surface area contributed by atoms with Gasteiger partial charge in [0.25, 0.3) is 0 Å². The van der Waals surface area contributed by atoms with Crippen LogP contribution in [0.3, 0.4) is 0 Å². The molecule has 0 aromatic rings. The fourth-order valence-electron chi connectivity index (χ4n) is 1.66. The van der Waals surface area contributed by atoms with Crippen LogP contribution in [0.5, 0.6) is 0 Å². The van der Waals surface area contributed by atoms with Gasteiger partial charge in [0.05, 0.1) is 0 Å². The number of nitrogens with one attached hydrogen (secondary N) is 1. The first-order valence-corrected chi connectivity index (χ1v) is 4.82. The maximum atomic E-state index is 5.44. The van der Waals surface area contributed by atoms with E-state index in [0.717, 1.165) is 18.9 Å². The zero-order valence-corrected chi connectivity index (χ0v) is 7.88. The molecule has 0 aromatic carbocycles. The van der Waals surface area contributed by atoms with Crippen molar-refractivity contribution in [2.45, 2.75) is 38.1 Å². The molecule has 1 fully saturated rings. The fourth-order valence-corrected chi connectivity index (χ4v) is 1.66. The predicted octanol–water partition coefficient (Wildman–Crippen LogP) is 1.04. The third-order valence-corrected chi connectivity index (χ3v) is 2.75. The maximum Gasteiger partial charge on any atom is 0.0477 e. The molecule has 12 heavy (non-hydrogen) atoms. The van der Waals surface area contributed by atoms with Crippen LogP contribution in [-0.4, -0.2) is 19.8 Å². The van der Waals surface area contributed by atoms with Crippen LogP contribution < -0.4 is 11.3 Å². The summed E-state index contributed by atoms with van der Waals surface area (Å²) in [4.78, 5) is 0. The highest BCUT2D eigenvalue weighted by Crippen LogP contribution is 2.30. The predicted molar refractivity (Wildman–Crippen MR) is 49.6 cm³/mol. The number of methoxy groups -OCH3 is 1. The molecule has 0 spiro atoms. The number of hydrazine groups is 1. The van der Waals surface area contributed by atoms with Crippen molar-refractivity contribution in [2.75, 3.05) is 13.7 Å². The van der Waals surface area contributed by atoms with E-state index in [9.17, 15) is 0 Å². The molecule has 0 aromatic heterocycles. The zero-order chi connectivity index (χ0) is 8.81. The molecule has 1 unspecified atom stereocenters. The van der Waals surface area contributed by atoms with Crippen LogP contribution in [0.15, 0.2) is 0 Å². The van der Waals surface area contributed by atoms with E-state index in [0.29, 0.717) is 6.04 Å². The Labute approximate surface area is 74.6 Å². The van der Waals surface area contributed by atoms with Crippen LogP contribution in [0.25, 0.3) is 0 Å². The molecule has 1 saturated carbocycles. The number of hydrogen-bond acceptors (Lipinski definition) is 3. The fraction of sp³-hybridized carbons (Fsp3) is 1.00. The van der Waals surface area contributed by atoms with E-state index in [1.807, 2.05) is 0 Å². The second-order valence-corrected chi connectivity index (χ2v) is 3.68. The van der Waals surface area contributed by atoms with Crippen LogP contribution in [-0.2, 0) is 4.74 Å². The van der Waals surface area contributed by atoms with Crippen molar-refractivity contribution in [3.05, 3.63) is 0 Å². The molecule has 3 N–H and O–H groups in total. The van der Waals surface area contributed by atoms with Gasteiger partial charge in [-0.1, -0.05) is 19.3 Å². The Morgan fingerprint density at radius 3 is 2.75 bits per heavy atom. The lowest BCUT2D eigenvalue weighted by Gasteiger charge is -2.29. The van der Waals surface area contributed by atoms with Gasteiger partial charge >= 0.3 is 0 Å². The van der Waals surface area contributed by atoms with E-state index >= 15 is 0 Å². The van der Waals surface area contributed by atoms with Crippen LogP contribution in [0, 0.1) is 5.92 Å². The van der Waals surface area contributed by atoms with Crippen molar-refractivity contribution in [2.24, 2.45) is 11.8 Å². The summed E-state index contributed by atoms with van der Waals surface area (Å²) in [5, 5.41) is 0. The third kappa shape index (κ3) is 3.09. The largest absolute Gasteiger partial charge is 0.385 e. The number of nitrogens with two attached hydrogens (primary N) is 1. The summed E-state index contributed by atoms with van der Waals surface area (Å²) in [6.07, 6.45) is 6.45. The first-order chi connectivity index (χ1) is 5.86. The van der Waals surface area contributed by atoms with Crippen molar-refractivity contribution in [1.29, 1.82) is 0 Å². The van der Waals surface area contributed by atoms with Crippen molar-refractivity contribution >= 4 is 0 Å². The summed E-state index contributed by atoms with van der Waals surface area (Å²) < 4.78 is 5.01. The average molecular weight is 172 g/mol. The topological polar surface area (TPSA) is 47.3 Å². The van der Waals surface area contributed by atoms with Gasteiger partial charge in [0.1, 0.15) is 0 Å². The molecule has 3 heteroatoms. The van der Waals surface area contributed by atoms with Gasteiger partial charge in [-0.3, -0.25) is 11.3 Å². The van der Waals surface area contributed by atoms with Gasteiger partial charge in [-0.05, 0) is 18.8 Å². The molecule has 0 bridgehead atoms. The van der Waals surface area contributed by atoms with Crippen molar-refractivity contribution in [3.8, 4) is 0 Å². The molecular formula is C9H20N2O. The lowest BCUT2D eigenvalue weighted by atomic mass is 9.80. The van der Waals surface area contributed by atoms with Crippen LogP contribution in [0.2, 0.25) is 0 Å². The maximum absolute atomic E-state index is 5.44. The van der Waals surface area contributed by atoms with E-state index in [1.54, 1.807) is 7.11 Å². The second-order valence-electron chi connectivity index (χ2n) is 3.68. The van der Waals surface area contributed by atoms with Crippen LogP contribution in [0.1, 0.15) is 32.1 Å². The minimum absolute atomic E-state index is 0.454. The lowest BCUT2D eigenvalue weighted by molar-refractivity contribution is 0.168. The molecule has 1 aliphatic carbocycles. The number of rotatable bonds is 6. The van der Waals surface area contributed by atoms with E-state index in [4.69, 9.17) is 10.6 Å². The molecule has 0 aliphatic heterocycles. The normalized spacial score (nSPS) is 20.5. The van der Waals surface area contributed by atoms with Gasteiger partial charge in [0.15, 0.2) is 0 Å². The minimum Gasteiger partial charge on any atom is -0.385 e. The van der Waals surface area contributed by atoms with Gasteiger partial charge in [-0.15, -0.1) is 0 Å². The Morgan fingerprint density at radius 1 is 1.58 bits per heavy atom. The van der Waals surface area contributed by atoms with Crippen LogP contribution >= 0.6 is 0 Å². The third-order valence-electron chi connectivity index (χ3n) is 2.75. The molecule has 72 valence electrons. The van der Waals surface area contributed by atoms with E-state index in [2.05, 4.69) is 5.43 Å². The van der Waals surface area contributed by atoms with E-state index in [1.165, 1.54) is 25.7 Å². The molecule has 1 atom stereocenters. The summed E-state index contributed by atoms with van der Waals surface area (Å²) in [7, 11) is 1.73. The Morgan fingerprint density at radius 2 is 2.33 bits per heavy atom. The first kappa shape index (κ1) is 9.96. The minimum atomic E-state index is 0.454. The molecule has 0 radical (unpaired) electrons. The second kappa shape index (κ2) is 5.51.